The van der Waals surface area contributed by atoms with Crippen LogP contribution in [-0.4, -0.2) is 16.3 Å². The zero-order valence-corrected chi connectivity index (χ0v) is 10.2. The first-order valence-corrected chi connectivity index (χ1v) is 5.08. The quantitative estimate of drug-likeness (QED) is 0.263. The lowest BCUT2D eigenvalue weighted by Gasteiger charge is -2.10. The van der Waals surface area contributed by atoms with E-state index in [2.05, 4.69) is 9.72 Å². The molecule has 0 aliphatic rings. The minimum absolute atomic E-state index is 0.255. The Morgan fingerprint density at radius 1 is 1.44 bits per heavy atom. The number of hydrogen-bond donors (Lipinski definition) is 0. The number of nitrogens with zero attached hydrogens (tertiary/aromatic N) is 2. The highest BCUT2D eigenvalue weighted by Gasteiger charge is 2.35. The number of rotatable bonds is 3. The van der Waals surface area contributed by atoms with Gasteiger partial charge in [-0.3, -0.25) is 0 Å². The van der Waals surface area contributed by atoms with Crippen molar-refractivity contribution >= 4 is 28.4 Å². The highest BCUT2D eigenvalue weighted by Crippen LogP contribution is 2.35. The van der Waals surface area contributed by atoms with Crippen molar-refractivity contribution in [2.75, 3.05) is 0 Å². The van der Waals surface area contributed by atoms with Crippen molar-refractivity contribution < 1.29 is 31.6 Å². The first-order valence-electron chi connectivity index (χ1n) is 4.00. The van der Waals surface area contributed by atoms with Crippen molar-refractivity contribution in [3.05, 3.63) is 25.4 Å². The van der Waals surface area contributed by atoms with Crippen LogP contribution in [0.25, 0.3) is 0 Å². The summed E-state index contributed by atoms with van der Waals surface area (Å²) in [5.74, 6) is -2.21. The maximum absolute atomic E-state index is 12.4. The molecule has 0 aromatic carbocycles. The van der Waals surface area contributed by atoms with Gasteiger partial charge in [0, 0.05) is 28.7 Å². The summed E-state index contributed by atoms with van der Waals surface area (Å²) in [5.41, 5.74) is -1.24. The van der Waals surface area contributed by atoms with Gasteiger partial charge in [0.2, 0.25) is 0 Å². The lowest BCUT2D eigenvalue weighted by Crippen LogP contribution is -2.18. The van der Waals surface area contributed by atoms with E-state index in [1.165, 1.54) is 22.6 Å². The van der Waals surface area contributed by atoms with Crippen LogP contribution in [0.15, 0.2) is 6.07 Å². The van der Waals surface area contributed by atoms with Gasteiger partial charge in [-0.2, -0.15) is 0 Å². The van der Waals surface area contributed by atoms with E-state index in [0.717, 1.165) is 0 Å². The fourth-order valence-corrected chi connectivity index (χ4v) is 1.48. The van der Waals surface area contributed by atoms with Gasteiger partial charge in [-0.1, -0.05) is 0 Å². The van der Waals surface area contributed by atoms with E-state index >= 15 is 0 Å². The van der Waals surface area contributed by atoms with E-state index in [9.17, 15) is 32.1 Å². The molecule has 0 spiro atoms. The van der Waals surface area contributed by atoms with Crippen molar-refractivity contribution in [3.63, 3.8) is 0 Å². The van der Waals surface area contributed by atoms with Crippen LogP contribution in [0.3, 0.4) is 0 Å². The fraction of sp³-hybridized carbons (Fsp3) is 0.286. The summed E-state index contributed by atoms with van der Waals surface area (Å²) in [7, 11) is 0. The number of ether oxygens (including phenoxy) is 1. The summed E-state index contributed by atoms with van der Waals surface area (Å²) in [4.78, 5) is 12.3. The number of nitro groups is 1. The van der Waals surface area contributed by atoms with Crippen molar-refractivity contribution in [2.24, 2.45) is 0 Å². The molecule has 0 saturated carbocycles. The van der Waals surface area contributed by atoms with Gasteiger partial charge in [0.15, 0.2) is 5.75 Å². The molecule has 0 unspecified atom stereocenters. The summed E-state index contributed by atoms with van der Waals surface area (Å²) in [6.45, 7) is 0. The van der Waals surface area contributed by atoms with Crippen LogP contribution in [0, 0.1) is 13.8 Å². The van der Waals surface area contributed by atoms with Crippen molar-refractivity contribution in [3.8, 4) is 5.75 Å². The molecule has 0 aliphatic carbocycles. The van der Waals surface area contributed by atoms with Crippen molar-refractivity contribution in [1.29, 1.82) is 0 Å². The molecule has 0 aliphatic heterocycles. The SMILES string of the molecule is O=[N+]([O-])c1nc(I)c(OC(F)(F)F)cc1C(F)F. The summed E-state index contributed by atoms with van der Waals surface area (Å²) >= 11 is 1.21. The second-order valence-corrected chi connectivity index (χ2v) is 3.82. The number of hydrogen-bond acceptors (Lipinski definition) is 4. The maximum atomic E-state index is 12.4. The van der Waals surface area contributed by atoms with Crippen LogP contribution >= 0.6 is 22.6 Å². The molecule has 5 nitrogen and oxygen atoms in total. The maximum Gasteiger partial charge on any atom is 0.573 e. The largest absolute Gasteiger partial charge is 0.573 e. The third kappa shape index (κ3) is 3.61. The molecule has 0 bridgehead atoms. The van der Waals surface area contributed by atoms with E-state index in [1.54, 1.807) is 0 Å². The van der Waals surface area contributed by atoms with Crippen molar-refractivity contribution in [1.82, 2.24) is 4.98 Å². The van der Waals surface area contributed by atoms with Crippen LogP contribution in [0.2, 0.25) is 0 Å². The van der Waals surface area contributed by atoms with E-state index in [0.29, 0.717) is 0 Å². The van der Waals surface area contributed by atoms with E-state index in [4.69, 9.17) is 0 Å². The van der Waals surface area contributed by atoms with Crippen LogP contribution in [0.1, 0.15) is 12.0 Å². The fourth-order valence-electron chi connectivity index (χ4n) is 0.981. The standard InChI is InChI=1S/C7H2F5IN2O3/c8-4(9)2-1-3(18-7(10,11)12)5(13)14-6(2)15(16)17/h1,4H. The molecule has 100 valence electrons. The molecule has 0 saturated heterocycles. The number of alkyl halides is 5. The molecule has 11 heteroatoms. The average Bonchev–Trinajstić information content (AvgIpc) is 2.17. The van der Waals surface area contributed by atoms with Gasteiger partial charge < -0.3 is 14.9 Å². The minimum atomic E-state index is -5.10. The Labute approximate surface area is 109 Å². The van der Waals surface area contributed by atoms with Gasteiger partial charge in [0.25, 0.3) is 10.1 Å². The third-order valence-corrected chi connectivity index (χ3v) is 2.36. The Morgan fingerprint density at radius 3 is 2.39 bits per heavy atom. The number of pyridine rings is 1. The monoisotopic (exact) mass is 384 g/mol. The zero-order chi connectivity index (χ0) is 14.1. The Kier molecular flexibility index (Phi) is 4.24. The molecule has 0 radical (unpaired) electrons. The number of halogens is 6. The summed E-state index contributed by atoms with van der Waals surface area (Å²) < 4.78 is 63.6. The zero-order valence-electron chi connectivity index (χ0n) is 8.04. The van der Waals surface area contributed by atoms with Crippen molar-refractivity contribution in [2.45, 2.75) is 12.8 Å². The van der Waals surface area contributed by atoms with Crippen LogP contribution in [0.4, 0.5) is 27.8 Å². The van der Waals surface area contributed by atoms with Gasteiger partial charge in [0.1, 0.15) is 5.56 Å². The third-order valence-electron chi connectivity index (χ3n) is 1.59. The topological polar surface area (TPSA) is 65.3 Å². The molecule has 0 fully saturated rings. The molecule has 1 rings (SSSR count). The molecular formula is C7H2F5IN2O3. The molecule has 0 atom stereocenters. The molecular weight excluding hydrogens is 382 g/mol. The van der Waals surface area contributed by atoms with Gasteiger partial charge in [0.05, 0.1) is 0 Å². The Balaban J connectivity index is 3.32. The Bertz CT molecular complexity index is 479. The second kappa shape index (κ2) is 5.16. The van der Waals surface area contributed by atoms with Gasteiger partial charge >= 0.3 is 12.2 Å². The van der Waals surface area contributed by atoms with Crippen LogP contribution < -0.4 is 4.74 Å². The lowest BCUT2D eigenvalue weighted by molar-refractivity contribution is -0.391. The number of aromatic nitrogens is 1. The van der Waals surface area contributed by atoms with Gasteiger partial charge in [-0.05, 0) is 9.91 Å². The molecule has 0 amide bonds. The summed E-state index contributed by atoms with van der Waals surface area (Å²) in [6, 6.07) is 0.255. The van der Waals surface area contributed by atoms with Gasteiger partial charge in [-0.25, -0.2) is 8.78 Å². The summed E-state index contributed by atoms with van der Waals surface area (Å²) in [5, 5.41) is 10.4. The predicted molar refractivity (Wildman–Crippen MR) is 55.2 cm³/mol. The predicted octanol–water partition coefficient (Wildman–Crippen LogP) is 3.43. The van der Waals surface area contributed by atoms with E-state index in [1.807, 2.05) is 0 Å². The molecule has 1 aromatic rings. The Hall–Kier alpha value is -1.27. The average molecular weight is 384 g/mol. The first-order chi connectivity index (χ1) is 8.11. The second-order valence-electron chi connectivity index (χ2n) is 2.80. The molecule has 1 aromatic heterocycles. The van der Waals surface area contributed by atoms with Crippen LogP contribution in [0.5, 0.6) is 5.75 Å². The van der Waals surface area contributed by atoms with Crippen LogP contribution in [-0.2, 0) is 0 Å². The summed E-state index contributed by atoms with van der Waals surface area (Å²) in [6.07, 6.45) is -8.44. The smallest absolute Gasteiger partial charge is 0.401 e. The molecule has 18 heavy (non-hydrogen) atoms. The molecule has 0 N–H and O–H groups in total. The highest BCUT2D eigenvalue weighted by molar-refractivity contribution is 14.1. The van der Waals surface area contributed by atoms with E-state index in [-0.39, 0.29) is 6.07 Å². The minimum Gasteiger partial charge on any atom is -0.401 e. The first kappa shape index (κ1) is 14.8. The molecule has 1 heterocycles. The highest BCUT2D eigenvalue weighted by atomic mass is 127. The van der Waals surface area contributed by atoms with E-state index < -0.39 is 38.5 Å². The normalized spacial score (nSPS) is 11.7. The van der Waals surface area contributed by atoms with Gasteiger partial charge in [-0.15, -0.1) is 13.2 Å². The lowest BCUT2D eigenvalue weighted by atomic mass is 10.2. The Morgan fingerprint density at radius 2 is 2.00 bits per heavy atom.